The zero-order valence-corrected chi connectivity index (χ0v) is 9.99. The molecule has 2 N–H and O–H groups in total. The first-order valence-corrected chi connectivity index (χ1v) is 5.60. The van der Waals surface area contributed by atoms with Gasteiger partial charge in [-0.25, -0.2) is 4.79 Å². The minimum absolute atomic E-state index is 0.346. The SMILES string of the molecule is CCCC(NC(=O)C1(C(=O)OC)CC1)C(=O)O. The summed E-state index contributed by atoms with van der Waals surface area (Å²) < 4.78 is 4.55. The zero-order chi connectivity index (χ0) is 13.1. The lowest BCUT2D eigenvalue weighted by Crippen LogP contribution is -2.46. The number of ether oxygens (including phenoxy) is 1. The first kappa shape index (κ1) is 13.5. The van der Waals surface area contributed by atoms with Crippen LogP contribution < -0.4 is 5.32 Å². The van der Waals surface area contributed by atoms with Crippen LogP contribution in [0.5, 0.6) is 0 Å². The lowest BCUT2D eigenvalue weighted by Gasteiger charge is -2.17. The van der Waals surface area contributed by atoms with Gasteiger partial charge in [0.25, 0.3) is 0 Å². The van der Waals surface area contributed by atoms with E-state index >= 15 is 0 Å². The molecule has 1 rings (SSSR count). The summed E-state index contributed by atoms with van der Waals surface area (Å²) in [4.78, 5) is 34.1. The molecule has 1 fully saturated rings. The number of carbonyl (C=O) groups is 3. The minimum Gasteiger partial charge on any atom is -0.480 e. The fraction of sp³-hybridized carbons (Fsp3) is 0.727. The van der Waals surface area contributed by atoms with E-state index in [2.05, 4.69) is 10.1 Å². The zero-order valence-electron chi connectivity index (χ0n) is 9.99. The van der Waals surface area contributed by atoms with Crippen LogP contribution in [0.25, 0.3) is 0 Å². The molecule has 0 aromatic carbocycles. The molecule has 0 aliphatic heterocycles. The van der Waals surface area contributed by atoms with Crippen molar-refractivity contribution in [1.82, 2.24) is 5.32 Å². The third kappa shape index (κ3) is 2.75. The van der Waals surface area contributed by atoms with Crippen molar-refractivity contribution in [3.63, 3.8) is 0 Å². The van der Waals surface area contributed by atoms with Crippen LogP contribution >= 0.6 is 0 Å². The molecular weight excluding hydrogens is 226 g/mol. The van der Waals surface area contributed by atoms with E-state index in [0.29, 0.717) is 25.7 Å². The summed E-state index contributed by atoms with van der Waals surface area (Å²) in [6.45, 7) is 1.83. The molecule has 1 atom stereocenters. The number of nitrogens with one attached hydrogen (secondary N) is 1. The van der Waals surface area contributed by atoms with Gasteiger partial charge < -0.3 is 15.2 Å². The molecule has 0 heterocycles. The number of amides is 1. The Labute approximate surface area is 99.3 Å². The van der Waals surface area contributed by atoms with Crippen LogP contribution in [-0.2, 0) is 19.1 Å². The first-order valence-electron chi connectivity index (χ1n) is 5.60. The number of hydrogen-bond acceptors (Lipinski definition) is 4. The Balaban J connectivity index is 2.65. The second kappa shape index (κ2) is 5.16. The Morgan fingerprint density at radius 1 is 1.41 bits per heavy atom. The molecule has 6 heteroatoms. The van der Waals surface area contributed by atoms with Crippen LogP contribution in [0.2, 0.25) is 0 Å². The topological polar surface area (TPSA) is 92.7 Å². The molecule has 1 aliphatic rings. The van der Waals surface area contributed by atoms with Gasteiger partial charge >= 0.3 is 11.9 Å². The van der Waals surface area contributed by atoms with Gasteiger partial charge in [-0.1, -0.05) is 13.3 Å². The van der Waals surface area contributed by atoms with Crippen molar-refractivity contribution in [1.29, 1.82) is 0 Å². The highest BCUT2D eigenvalue weighted by Gasteiger charge is 2.58. The van der Waals surface area contributed by atoms with Gasteiger partial charge in [0.05, 0.1) is 7.11 Å². The van der Waals surface area contributed by atoms with Crippen molar-refractivity contribution < 1.29 is 24.2 Å². The van der Waals surface area contributed by atoms with E-state index in [-0.39, 0.29) is 0 Å². The predicted molar refractivity (Wildman–Crippen MR) is 58.2 cm³/mol. The average Bonchev–Trinajstić information content (AvgIpc) is 3.08. The lowest BCUT2D eigenvalue weighted by atomic mass is 10.1. The average molecular weight is 243 g/mol. The predicted octanol–water partition coefficient (Wildman–Crippen LogP) is 0.309. The van der Waals surface area contributed by atoms with Gasteiger partial charge in [0.2, 0.25) is 5.91 Å². The van der Waals surface area contributed by atoms with E-state index in [0.717, 1.165) is 0 Å². The van der Waals surface area contributed by atoms with Gasteiger partial charge in [0.1, 0.15) is 11.5 Å². The molecule has 0 aromatic rings. The fourth-order valence-electron chi connectivity index (χ4n) is 1.69. The quantitative estimate of drug-likeness (QED) is 0.517. The molecule has 0 aromatic heterocycles. The van der Waals surface area contributed by atoms with E-state index in [1.54, 1.807) is 0 Å². The second-order valence-corrected chi connectivity index (χ2v) is 4.23. The van der Waals surface area contributed by atoms with Crippen molar-refractivity contribution in [2.24, 2.45) is 5.41 Å². The third-order valence-corrected chi connectivity index (χ3v) is 2.94. The summed E-state index contributed by atoms with van der Waals surface area (Å²) in [5.41, 5.74) is -1.14. The summed E-state index contributed by atoms with van der Waals surface area (Å²) in [7, 11) is 1.22. The van der Waals surface area contributed by atoms with Crippen LogP contribution in [0.15, 0.2) is 0 Å². The molecule has 1 saturated carbocycles. The number of esters is 1. The first-order chi connectivity index (χ1) is 7.97. The normalized spacial score (nSPS) is 18.0. The minimum atomic E-state index is -1.14. The van der Waals surface area contributed by atoms with E-state index in [9.17, 15) is 14.4 Å². The number of carboxylic acids is 1. The Morgan fingerprint density at radius 2 is 2.00 bits per heavy atom. The van der Waals surface area contributed by atoms with Crippen molar-refractivity contribution in [3.8, 4) is 0 Å². The Hall–Kier alpha value is -1.59. The largest absolute Gasteiger partial charge is 0.480 e. The Morgan fingerprint density at radius 3 is 2.35 bits per heavy atom. The smallest absolute Gasteiger partial charge is 0.326 e. The molecule has 0 bridgehead atoms. The maximum Gasteiger partial charge on any atom is 0.326 e. The van der Waals surface area contributed by atoms with E-state index in [4.69, 9.17) is 5.11 Å². The number of methoxy groups -OCH3 is 1. The number of rotatable bonds is 6. The molecule has 1 amide bonds. The van der Waals surface area contributed by atoms with Gasteiger partial charge in [0.15, 0.2) is 0 Å². The van der Waals surface area contributed by atoms with E-state index < -0.39 is 29.3 Å². The number of carbonyl (C=O) groups excluding carboxylic acids is 2. The summed E-state index contributed by atoms with van der Waals surface area (Å²) in [6, 6.07) is -0.936. The molecule has 1 unspecified atom stereocenters. The maximum atomic E-state index is 11.8. The number of carboxylic acid groups (broad SMARTS) is 1. The standard InChI is InChI=1S/C11H17NO5/c1-3-4-7(8(13)14)12-9(15)11(5-6-11)10(16)17-2/h7H,3-6H2,1-2H3,(H,12,15)(H,13,14). The van der Waals surface area contributed by atoms with Crippen LogP contribution in [-0.4, -0.2) is 36.1 Å². The van der Waals surface area contributed by atoms with Crippen molar-refractivity contribution >= 4 is 17.8 Å². The van der Waals surface area contributed by atoms with Crippen LogP contribution in [0.1, 0.15) is 32.6 Å². The Kier molecular flexibility index (Phi) is 4.09. The molecular formula is C11H17NO5. The molecule has 0 radical (unpaired) electrons. The van der Waals surface area contributed by atoms with E-state index in [1.165, 1.54) is 7.11 Å². The highest BCUT2D eigenvalue weighted by atomic mass is 16.5. The molecule has 1 aliphatic carbocycles. The Bertz CT molecular complexity index is 335. The fourth-order valence-corrected chi connectivity index (χ4v) is 1.69. The van der Waals surface area contributed by atoms with Crippen LogP contribution in [0.4, 0.5) is 0 Å². The summed E-state index contributed by atoms with van der Waals surface area (Å²) in [6.07, 6.45) is 1.83. The second-order valence-electron chi connectivity index (χ2n) is 4.23. The van der Waals surface area contributed by atoms with Gasteiger partial charge in [-0.15, -0.1) is 0 Å². The van der Waals surface area contributed by atoms with Gasteiger partial charge in [-0.3, -0.25) is 9.59 Å². The van der Waals surface area contributed by atoms with Gasteiger partial charge in [-0.05, 0) is 19.3 Å². The summed E-state index contributed by atoms with van der Waals surface area (Å²) in [5, 5.41) is 11.3. The highest BCUT2D eigenvalue weighted by Crippen LogP contribution is 2.47. The number of hydrogen-bond donors (Lipinski definition) is 2. The lowest BCUT2D eigenvalue weighted by molar-refractivity contribution is -0.154. The van der Waals surface area contributed by atoms with Crippen LogP contribution in [0, 0.1) is 5.41 Å². The molecule has 6 nitrogen and oxygen atoms in total. The molecule has 17 heavy (non-hydrogen) atoms. The van der Waals surface area contributed by atoms with Gasteiger partial charge in [-0.2, -0.15) is 0 Å². The van der Waals surface area contributed by atoms with Crippen molar-refractivity contribution in [2.75, 3.05) is 7.11 Å². The third-order valence-electron chi connectivity index (χ3n) is 2.94. The molecule has 0 saturated heterocycles. The highest BCUT2D eigenvalue weighted by molar-refractivity contribution is 6.06. The van der Waals surface area contributed by atoms with Crippen molar-refractivity contribution in [2.45, 2.75) is 38.6 Å². The number of aliphatic carboxylic acids is 1. The monoisotopic (exact) mass is 243 g/mol. The summed E-state index contributed by atoms with van der Waals surface area (Å²) in [5.74, 6) is -2.21. The summed E-state index contributed by atoms with van der Waals surface area (Å²) >= 11 is 0. The van der Waals surface area contributed by atoms with E-state index in [1.807, 2.05) is 6.92 Å². The van der Waals surface area contributed by atoms with Crippen LogP contribution in [0.3, 0.4) is 0 Å². The van der Waals surface area contributed by atoms with Crippen molar-refractivity contribution in [3.05, 3.63) is 0 Å². The molecule has 96 valence electrons. The molecule has 0 spiro atoms. The maximum absolute atomic E-state index is 11.8. The van der Waals surface area contributed by atoms with Gasteiger partial charge in [0, 0.05) is 0 Å².